The molecule has 0 unspecified atom stereocenters. The summed E-state index contributed by atoms with van der Waals surface area (Å²) in [6.45, 7) is 9.20. The van der Waals surface area contributed by atoms with Gasteiger partial charge < -0.3 is 10.2 Å². The van der Waals surface area contributed by atoms with E-state index in [4.69, 9.17) is 0 Å². The van der Waals surface area contributed by atoms with Crippen LogP contribution in [0.1, 0.15) is 31.7 Å². The molecule has 2 aliphatic rings. The van der Waals surface area contributed by atoms with Crippen molar-refractivity contribution in [1.29, 1.82) is 0 Å². The van der Waals surface area contributed by atoms with E-state index in [1.54, 1.807) is 0 Å². The number of benzene rings is 1. The molecule has 3 heteroatoms. The van der Waals surface area contributed by atoms with Crippen LogP contribution in [0, 0.1) is 0 Å². The number of rotatable bonds is 7. The molecule has 1 heterocycles. The molecule has 0 spiro atoms. The quantitative estimate of drug-likeness (QED) is 0.814. The van der Waals surface area contributed by atoms with Crippen LogP contribution in [-0.4, -0.2) is 49.2 Å². The number of allylic oxidation sites excluding steroid dienone is 4. The number of hydrogen-bond acceptors (Lipinski definition) is 3. The van der Waals surface area contributed by atoms with Crippen molar-refractivity contribution in [2.75, 3.05) is 39.4 Å². The summed E-state index contributed by atoms with van der Waals surface area (Å²) in [7, 11) is 0. The molecule has 1 aliphatic heterocycles. The van der Waals surface area contributed by atoms with E-state index in [9.17, 15) is 0 Å². The zero-order chi connectivity index (χ0) is 17.3. The van der Waals surface area contributed by atoms with Gasteiger partial charge in [-0.3, -0.25) is 4.90 Å². The summed E-state index contributed by atoms with van der Waals surface area (Å²) in [5.74, 6) is 0. The molecule has 0 saturated carbocycles. The SMILES string of the molecule is CCCCN1CCN(CNC2=CC=CCC2=Cc2ccccc2)CC1. The Bertz CT molecular complexity index is 607. The van der Waals surface area contributed by atoms with Crippen molar-refractivity contribution in [2.24, 2.45) is 0 Å². The van der Waals surface area contributed by atoms with Gasteiger partial charge in [-0.05, 0) is 42.7 Å². The molecular weight excluding hydrogens is 306 g/mol. The van der Waals surface area contributed by atoms with Crippen molar-refractivity contribution >= 4 is 6.08 Å². The van der Waals surface area contributed by atoms with E-state index in [1.165, 1.54) is 49.3 Å². The summed E-state index contributed by atoms with van der Waals surface area (Å²) >= 11 is 0. The van der Waals surface area contributed by atoms with Gasteiger partial charge in [-0.2, -0.15) is 0 Å². The van der Waals surface area contributed by atoms with Gasteiger partial charge in [-0.25, -0.2) is 0 Å². The van der Waals surface area contributed by atoms with E-state index in [2.05, 4.69) is 76.7 Å². The monoisotopic (exact) mass is 337 g/mol. The van der Waals surface area contributed by atoms with Crippen LogP contribution < -0.4 is 5.32 Å². The summed E-state index contributed by atoms with van der Waals surface area (Å²) in [4.78, 5) is 5.13. The van der Waals surface area contributed by atoms with Crippen molar-refractivity contribution in [3.8, 4) is 0 Å². The molecular formula is C22H31N3. The molecule has 0 atom stereocenters. The third-order valence-corrected chi connectivity index (χ3v) is 5.01. The molecule has 1 aromatic rings. The highest BCUT2D eigenvalue weighted by atomic mass is 15.3. The average Bonchev–Trinajstić information content (AvgIpc) is 2.67. The maximum absolute atomic E-state index is 3.67. The summed E-state index contributed by atoms with van der Waals surface area (Å²) in [5, 5.41) is 3.67. The second kappa shape index (κ2) is 9.59. The average molecular weight is 338 g/mol. The largest absolute Gasteiger partial charge is 0.372 e. The van der Waals surface area contributed by atoms with Crippen LogP contribution in [0.3, 0.4) is 0 Å². The molecule has 1 aliphatic carbocycles. The van der Waals surface area contributed by atoms with Crippen LogP contribution in [0.2, 0.25) is 0 Å². The van der Waals surface area contributed by atoms with Gasteiger partial charge in [0.05, 0.1) is 6.67 Å². The molecule has 0 radical (unpaired) electrons. The molecule has 3 rings (SSSR count). The minimum atomic E-state index is 0.938. The molecule has 3 nitrogen and oxygen atoms in total. The molecule has 134 valence electrons. The topological polar surface area (TPSA) is 18.5 Å². The van der Waals surface area contributed by atoms with Crippen molar-refractivity contribution in [3.63, 3.8) is 0 Å². The summed E-state index contributed by atoms with van der Waals surface area (Å²) < 4.78 is 0. The molecule has 25 heavy (non-hydrogen) atoms. The highest BCUT2D eigenvalue weighted by Crippen LogP contribution is 2.20. The molecule has 0 amide bonds. The Hall–Kier alpha value is -1.84. The maximum atomic E-state index is 3.67. The van der Waals surface area contributed by atoms with Gasteiger partial charge in [0.1, 0.15) is 0 Å². The van der Waals surface area contributed by atoms with Crippen LogP contribution in [0.25, 0.3) is 6.08 Å². The van der Waals surface area contributed by atoms with Crippen molar-refractivity contribution in [2.45, 2.75) is 26.2 Å². The number of piperazine rings is 1. The molecule has 0 bridgehead atoms. The lowest BCUT2D eigenvalue weighted by molar-refractivity contribution is 0.127. The third-order valence-electron chi connectivity index (χ3n) is 5.01. The Kier molecular flexibility index (Phi) is 6.89. The Labute approximate surface area is 152 Å². The number of hydrogen-bond donors (Lipinski definition) is 1. The van der Waals surface area contributed by atoms with E-state index in [-0.39, 0.29) is 0 Å². The fraction of sp³-hybridized carbons (Fsp3) is 0.455. The van der Waals surface area contributed by atoms with E-state index in [0.29, 0.717) is 0 Å². The summed E-state index contributed by atoms with van der Waals surface area (Å²) in [5.41, 5.74) is 3.90. The lowest BCUT2D eigenvalue weighted by Gasteiger charge is -2.35. The smallest absolute Gasteiger partial charge is 0.0679 e. The Morgan fingerprint density at radius 2 is 1.80 bits per heavy atom. The maximum Gasteiger partial charge on any atom is 0.0679 e. The molecule has 1 N–H and O–H groups in total. The zero-order valence-corrected chi connectivity index (χ0v) is 15.5. The minimum absolute atomic E-state index is 0.938. The first-order valence-corrected chi connectivity index (χ1v) is 9.66. The summed E-state index contributed by atoms with van der Waals surface area (Å²) in [6, 6.07) is 10.6. The van der Waals surface area contributed by atoms with Crippen LogP contribution in [0.15, 0.2) is 59.8 Å². The van der Waals surface area contributed by atoms with Crippen LogP contribution in [0.4, 0.5) is 0 Å². The van der Waals surface area contributed by atoms with E-state index < -0.39 is 0 Å². The van der Waals surface area contributed by atoms with Gasteiger partial charge in [0.25, 0.3) is 0 Å². The van der Waals surface area contributed by atoms with Crippen LogP contribution in [0.5, 0.6) is 0 Å². The lowest BCUT2D eigenvalue weighted by atomic mass is 10.0. The second-order valence-electron chi connectivity index (χ2n) is 6.94. The standard InChI is InChI=1S/C22H31N3/c1-2-3-13-24-14-16-25(17-15-24)19-23-22-12-8-7-11-21(22)18-20-9-5-4-6-10-20/h4-10,12,18,23H,2-3,11,13-17,19H2,1H3. The first-order chi connectivity index (χ1) is 12.3. The first-order valence-electron chi connectivity index (χ1n) is 9.66. The lowest BCUT2D eigenvalue weighted by Crippen LogP contribution is -2.49. The van der Waals surface area contributed by atoms with Crippen molar-refractivity contribution in [1.82, 2.24) is 15.1 Å². The van der Waals surface area contributed by atoms with Crippen LogP contribution >= 0.6 is 0 Å². The number of nitrogens with zero attached hydrogens (tertiary/aromatic N) is 2. The first kappa shape index (κ1) is 18.0. The predicted octanol–water partition coefficient (Wildman–Crippen LogP) is 3.88. The predicted molar refractivity (Wildman–Crippen MR) is 107 cm³/mol. The fourth-order valence-corrected chi connectivity index (χ4v) is 3.39. The van der Waals surface area contributed by atoms with Gasteiger partial charge in [-0.15, -0.1) is 0 Å². The molecule has 1 aromatic carbocycles. The molecule has 1 fully saturated rings. The minimum Gasteiger partial charge on any atom is -0.372 e. The number of nitrogens with one attached hydrogen (secondary N) is 1. The van der Waals surface area contributed by atoms with Gasteiger partial charge in [0.15, 0.2) is 0 Å². The van der Waals surface area contributed by atoms with Gasteiger partial charge in [0.2, 0.25) is 0 Å². The Morgan fingerprint density at radius 3 is 2.56 bits per heavy atom. The van der Waals surface area contributed by atoms with Gasteiger partial charge in [0, 0.05) is 31.9 Å². The normalized spacial score (nSPS) is 20.7. The third kappa shape index (κ3) is 5.58. The highest BCUT2D eigenvalue weighted by molar-refractivity contribution is 5.60. The zero-order valence-electron chi connectivity index (χ0n) is 15.5. The van der Waals surface area contributed by atoms with Crippen molar-refractivity contribution < 1.29 is 0 Å². The van der Waals surface area contributed by atoms with E-state index in [1.807, 2.05) is 0 Å². The van der Waals surface area contributed by atoms with Gasteiger partial charge >= 0.3 is 0 Å². The number of unbranched alkanes of at least 4 members (excludes halogenated alkanes) is 1. The van der Waals surface area contributed by atoms with E-state index in [0.717, 1.165) is 26.2 Å². The van der Waals surface area contributed by atoms with Gasteiger partial charge in [-0.1, -0.05) is 55.8 Å². The Morgan fingerprint density at radius 1 is 1.04 bits per heavy atom. The van der Waals surface area contributed by atoms with Crippen molar-refractivity contribution in [3.05, 3.63) is 65.4 Å². The summed E-state index contributed by atoms with van der Waals surface area (Å²) in [6.07, 6.45) is 12.5. The van der Waals surface area contributed by atoms with E-state index >= 15 is 0 Å². The molecule has 0 aromatic heterocycles. The Balaban J connectivity index is 1.51. The highest BCUT2D eigenvalue weighted by Gasteiger charge is 2.16. The second-order valence-corrected chi connectivity index (χ2v) is 6.94. The van der Waals surface area contributed by atoms with Crippen LogP contribution in [-0.2, 0) is 0 Å². The fourth-order valence-electron chi connectivity index (χ4n) is 3.39. The molecule has 1 saturated heterocycles.